The molecule has 0 saturated heterocycles. The van der Waals surface area contributed by atoms with E-state index in [4.69, 9.17) is 4.42 Å². The topological polar surface area (TPSA) is 56.2 Å². The van der Waals surface area contributed by atoms with Crippen LogP contribution < -0.4 is 0 Å². The molecule has 2 aromatic heterocycles. The van der Waals surface area contributed by atoms with Crippen molar-refractivity contribution in [2.45, 2.75) is 31.8 Å². The molecular weight excluding hydrogens is 248 g/mol. The highest BCUT2D eigenvalue weighted by molar-refractivity contribution is 7.98. The minimum Gasteiger partial charge on any atom is -0.460 e. The average molecular weight is 264 g/mol. The number of aromatic nitrogens is 3. The molecule has 5 nitrogen and oxygen atoms in total. The fourth-order valence-electron chi connectivity index (χ4n) is 1.51. The van der Waals surface area contributed by atoms with Crippen molar-refractivity contribution in [2.24, 2.45) is 5.10 Å². The Hall–Kier alpha value is -1.56. The van der Waals surface area contributed by atoms with Crippen molar-refractivity contribution in [1.82, 2.24) is 14.9 Å². The minimum absolute atomic E-state index is 0.272. The van der Waals surface area contributed by atoms with Crippen LogP contribution in [0.15, 0.2) is 26.8 Å². The predicted octanol–water partition coefficient (Wildman–Crippen LogP) is 2.91. The zero-order chi connectivity index (χ0) is 13.1. The first-order chi connectivity index (χ1) is 8.61. The summed E-state index contributed by atoms with van der Waals surface area (Å²) in [5.74, 6) is 2.71. The Morgan fingerprint density at radius 1 is 1.39 bits per heavy atom. The van der Waals surface area contributed by atoms with E-state index in [1.165, 1.54) is 11.8 Å². The molecule has 0 radical (unpaired) electrons. The lowest BCUT2D eigenvalue weighted by Crippen LogP contribution is -2.01. The van der Waals surface area contributed by atoms with E-state index >= 15 is 0 Å². The first-order valence-electron chi connectivity index (χ1n) is 5.72. The van der Waals surface area contributed by atoms with Crippen molar-refractivity contribution < 1.29 is 4.42 Å². The number of furan rings is 1. The standard InChI is InChI=1S/C12H16N4OS/c1-8(2)11-14-15-12(18-4)16(11)13-7-10-6-5-9(3)17-10/h5-8H,1-4H3/b13-7-. The van der Waals surface area contributed by atoms with E-state index < -0.39 is 0 Å². The lowest BCUT2D eigenvalue weighted by Gasteiger charge is -2.04. The number of aryl methyl sites for hydroxylation is 1. The van der Waals surface area contributed by atoms with E-state index in [9.17, 15) is 0 Å². The summed E-state index contributed by atoms with van der Waals surface area (Å²) in [6, 6.07) is 3.79. The van der Waals surface area contributed by atoms with E-state index in [2.05, 4.69) is 29.1 Å². The van der Waals surface area contributed by atoms with Crippen LogP contribution in [0.5, 0.6) is 0 Å². The molecule has 0 aliphatic rings. The van der Waals surface area contributed by atoms with Crippen LogP contribution >= 0.6 is 11.8 Å². The highest BCUT2D eigenvalue weighted by Gasteiger charge is 2.13. The fourth-order valence-corrected chi connectivity index (χ4v) is 1.95. The Morgan fingerprint density at radius 3 is 2.72 bits per heavy atom. The molecule has 2 heterocycles. The van der Waals surface area contributed by atoms with Crippen molar-refractivity contribution in [3.05, 3.63) is 29.5 Å². The largest absolute Gasteiger partial charge is 0.460 e. The van der Waals surface area contributed by atoms with Gasteiger partial charge in [-0.05, 0) is 25.3 Å². The van der Waals surface area contributed by atoms with Crippen LogP contribution in [0.1, 0.15) is 37.1 Å². The Balaban J connectivity index is 2.32. The zero-order valence-electron chi connectivity index (χ0n) is 10.9. The van der Waals surface area contributed by atoms with Gasteiger partial charge in [0.25, 0.3) is 0 Å². The second-order valence-electron chi connectivity index (χ2n) is 4.20. The molecule has 0 amide bonds. The summed E-state index contributed by atoms with van der Waals surface area (Å²) in [5.41, 5.74) is 0. The quantitative estimate of drug-likeness (QED) is 0.629. The normalized spacial score (nSPS) is 11.8. The molecule has 0 aromatic carbocycles. The molecule has 0 saturated carbocycles. The van der Waals surface area contributed by atoms with Crippen LogP contribution in [0.4, 0.5) is 0 Å². The zero-order valence-corrected chi connectivity index (χ0v) is 11.7. The Morgan fingerprint density at radius 2 is 2.17 bits per heavy atom. The molecule has 0 atom stereocenters. The highest BCUT2D eigenvalue weighted by Crippen LogP contribution is 2.19. The molecule has 18 heavy (non-hydrogen) atoms. The Labute approximate surface area is 110 Å². The van der Waals surface area contributed by atoms with Gasteiger partial charge in [-0.15, -0.1) is 10.2 Å². The maximum absolute atomic E-state index is 5.45. The molecule has 0 fully saturated rings. The second-order valence-corrected chi connectivity index (χ2v) is 4.98. The third-order valence-electron chi connectivity index (χ3n) is 2.40. The third-order valence-corrected chi connectivity index (χ3v) is 3.02. The van der Waals surface area contributed by atoms with E-state index in [0.29, 0.717) is 0 Å². The van der Waals surface area contributed by atoms with Gasteiger partial charge in [-0.2, -0.15) is 9.78 Å². The van der Waals surface area contributed by atoms with E-state index in [1.807, 2.05) is 25.3 Å². The lowest BCUT2D eigenvalue weighted by atomic mass is 10.2. The number of hydrogen-bond acceptors (Lipinski definition) is 5. The van der Waals surface area contributed by atoms with E-state index in [0.717, 1.165) is 22.5 Å². The maximum Gasteiger partial charge on any atom is 0.211 e. The van der Waals surface area contributed by atoms with Crippen LogP contribution in [0.3, 0.4) is 0 Å². The molecule has 0 aliphatic carbocycles. The van der Waals surface area contributed by atoms with Gasteiger partial charge in [0, 0.05) is 5.92 Å². The van der Waals surface area contributed by atoms with Crippen molar-refractivity contribution in [2.75, 3.05) is 6.26 Å². The van der Waals surface area contributed by atoms with Gasteiger partial charge in [0.05, 0.1) is 6.21 Å². The van der Waals surface area contributed by atoms with Gasteiger partial charge < -0.3 is 4.42 Å². The van der Waals surface area contributed by atoms with Gasteiger partial charge in [-0.3, -0.25) is 0 Å². The average Bonchev–Trinajstić information content (AvgIpc) is 2.91. The molecular formula is C12H16N4OS. The van der Waals surface area contributed by atoms with Crippen molar-refractivity contribution in [3.63, 3.8) is 0 Å². The SMILES string of the molecule is CSc1nnc(C(C)C)n1/N=C\c1ccc(C)o1. The van der Waals surface area contributed by atoms with Crippen LogP contribution in [-0.4, -0.2) is 27.3 Å². The van der Waals surface area contributed by atoms with E-state index in [1.54, 1.807) is 10.9 Å². The van der Waals surface area contributed by atoms with Gasteiger partial charge >= 0.3 is 0 Å². The van der Waals surface area contributed by atoms with Gasteiger partial charge in [-0.25, -0.2) is 0 Å². The second kappa shape index (κ2) is 5.39. The van der Waals surface area contributed by atoms with Crippen LogP contribution in [0.2, 0.25) is 0 Å². The first-order valence-corrected chi connectivity index (χ1v) is 6.94. The fraction of sp³-hybridized carbons (Fsp3) is 0.417. The van der Waals surface area contributed by atoms with Crippen molar-refractivity contribution >= 4 is 18.0 Å². The van der Waals surface area contributed by atoms with Gasteiger partial charge in [0.15, 0.2) is 5.82 Å². The molecule has 2 rings (SSSR count). The molecule has 0 aliphatic heterocycles. The summed E-state index contributed by atoms with van der Waals surface area (Å²) in [5, 5.41) is 13.4. The van der Waals surface area contributed by atoms with Gasteiger partial charge in [-0.1, -0.05) is 25.6 Å². The van der Waals surface area contributed by atoms with Gasteiger partial charge in [0.2, 0.25) is 5.16 Å². The lowest BCUT2D eigenvalue weighted by molar-refractivity contribution is 0.526. The molecule has 0 spiro atoms. The number of hydrogen-bond donors (Lipinski definition) is 0. The Kier molecular flexibility index (Phi) is 3.86. The Bertz CT molecular complexity index is 556. The summed E-state index contributed by atoms with van der Waals surface area (Å²) in [6.07, 6.45) is 3.64. The summed E-state index contributed by atoms with van der Waals surface area (Å²) >= 11 is 1.52. The van der Waals surface area contributed by atoms with Crippen molar-refractivity contribution in [1.29, 1.82) is 0 Å². The summed E-state index contributed by atoms with van der Waals surface area (Å²) in [4.78, 5) is 0. The number of nitrogens with zero attached hydrogens (tertiary/aromatic N) is 4. The van der Waals surface area contributed by atoms with Crippen LogP contribution in [-0.2, 0) is 0 Å². The summed E-state index contributed by atoms with van der Waals surface area (Å²) in [7, 11) is 0. The molecule has 0 bridgehead atoms. The van der Waals surface area contributed by atoms with E-state index in [-0.39, 0.29) is 5.92 Å². The van der Waals surface area contributed by atoms with Crippen LogP contribution in [0, 0.1) is 6.92 Å². The molecule has 0 N–H and O–H groups in total. The highest BCUT2D eigenvalue weighted by atomic mass is 32.2. The number of rotatable bonds is 4. The number of thioether (sulfide) groups is 1. The predicted molar refractivity (Wildman–Crippen MR) is 72.3 cm³/mol. The minimum atomic E-state index is 0.272. The maximum atomic E-state index is 5.45. The molecule has 2 aromatic rings. The molecule has 6 heteroatoms. The van der Waals surface area contributed by atoms with Crippen molar-refractivity contribution in [3.8, 4) is 0 Å². The molecule has 0 unspecified atom stereocenters. The monoisotopic (exact) mass is 264 g/mol. The first kappa shape index (κ1) is 12.9. The summed E-state index contributed by atoms with van der Waals surface area (Å²) in [6.45, 7) is 6.04. The smallest absolute Gasteiger partial charge is 0.211 e. The molecule has 96 valence electrons. The summed E-state index contributed by atoms with van der Waals surface area (Å²) < 4.78 is 7.20. The third kappa shape index (κ3) is 2.64. The van der Waals surface area contributed by atoms with Crippen LogP contribution in [0.25, 0.3) is 0 Å². The van der Waals surface area contributed by atoms with Gasteiger partial charge in [0.1, 0.15) is 11.5 Å².